The third kappa shape index (κ3) is 15.6. The van der Waals surface area contributed by atoms with Crippen LogP contribution in [0, 0.1) is 17.3 Å². The highest BCUT2D eigenvalue weighted by Crippen LogP contribution is 2.24. The van der Waals surface area contributed by atoms with Crippen LogP contribution in [-0.2, 0) is 19.1 Å². The molecule has 0 aromatic heterocycles. The normalized spacial score (nSPS) is 13.0. The molecule has 0 saturated carbocycles. The molecule has 0 aliphatic heterocycles. The Morgan fingerprint density at radius 3 is 1.74 bits per heavy atom. The maximum absolute atomic E-state index is 11.7. The van der Waals surface area contributed by atoms with Crippen LogP contribution in [0.1, 0.15) is 80.1 Å². The second-order valence-corrected chi connectivity index (χ2v) is 8.19. The monoisotopic (exact) mass is 328 g/mol. The summed E-state index contributed by atoms with van der Waals surface area (Å²) in [7, 11) is 0. The van der Waals surface area contributed by atoms with Crippen molar-refractivity contribution >= 4 is 11.9 Å². The molecule has 0 aromatic carbocycles. The van der Waals surface area contributed by atoms with E-state index in [1.807, 2.05) is 13.8 Å². The van der Waals surface area contributed by atoms with Crippen molar-refractivity contribution in [2.75, 3.05) is 13.2 Å². The number of unbranched alkanes of at least 4 members (excludes halogenated alkanes) is 2. The number of carbonyl (C=O) groups excluding carboxylic acids is 2. The molecule has 0 saturated heterocycles. The van der Waals surface area contributed by atoms with Crippen molar-refractivity contribution in [1.29, 1.82) is 0 Å². The Hall–Kier alpha value is -1.06. The van der Waals surface area contributed by atoms with Gasteiger partial charge in [-0.3, -0.25) is 9.59 Å². The highest BCUT2D eigenvalue weighted by Gasteiger charge is 2.16. The number of esters is 2. The summed E-state index contributed by atoms with van der Waals surface area (Å²) in [5.74, 6) is 0.481. The van der Waals surface area contributed by atoms with E-state index in [1.165, 1.54) is 0 Å². The molecule has 0 bridgehead atoms. The van der Waals surface area contributed by atoms with Crippen LogP contribution in [0.25, 0.3) is 0 Å². The van der Waals surface area contributed by atoms with Gasteiger partial charge in [-0.1, -0.05) is 48.0 Å². The van der Waals surface area contributed by atoms with Crippen LogP contribution in [0.15, 0.2) is 0 Å². The Morgan fingerprint density at radius 1 is 0.826 bits per heavy atom. The first-order valence-corrected chi connectivity index (χ1v) is 8.91. The summed E-state index contributed by atoms with van der Waals surface area (Å²) >= 11 is 0. The van der Waals surface area contributed by atoms with Gasteiger partial charge in [0, 0.05) is 12.8 Å². The van der Waals surface area contributed by atoms with Crippen molar-refractivity contribution in [2.24, 2.45) is 17.3 Å². The molecule has 0 aromatic rings. The summed E-state index contributed by atoms with van der Waals surface area (Å²) in [6, 6.07) is 0. The molecule has 0 heterocycles. The first-order chi connectivity index (χ1) is 10.6. The van der Waals surface area contributed by atoms with Crippen molar-refractivity contribution in [1.82, 2.24) is 0 Å². The van der Waals surface area contributed by atoms with Crippen LogP contribution in [0.2, 0.25) is 0 Å². The van der Waals surface area contributed by atoms with Crippen LogP contribution >= 0.6 is 0 Å². The number of hydrogen-bond donors (Lipinski definition) is 0. The van der Waals surface area contributed by atoms with Crippen molar-refractivity contribution in [3.05, 3.63) is 0 Å². The Balaban J connectivity index is 3.59. The highest BCUT2D eigenvalue weighted by atomic mass is 16.5. The van der Waals surface area contributed by atoms with Crippen molar-refractivity contribution in [3.63, 3.8) is 0 Å². The van der Waals surface area contributed by atoms with Gasteiger partial charge in [-0.25, -0.2) is 0 Å². The van der Waals surface area contributed by atoms with Gasteiger partial charge in [0.1, 0.15) is 0 Å². The lowest BCUT2D eigenvalue weighted by molar-refractivity contribution is -0.145. The average molecular weight is 328 g/mol. The SMILES string of the molecule is CC(C)COC(=O)CCCCCC(=O)OCC(C)CC(C)(C)C. The molecule has 0 rings (SSSR count). The van der Waals surface area contributed by atoms with E-state index in [2.05, 4.69) is 27.7 Å². The van der Waals surface area contributed by atoms with Crippen LogP contribution in [0.5, 0.6) is 0 Å². The molecule has 136 valence electrons. The van der Waals surface area contributed by atoms with Gasteiger partial charge in [-0.2, -0.15) is 0 Å². The molecule has 0 spiro atoms. The number of rotatable bonds is 11. The minimum Gasteiger partial charge on any atom is -0.465 e. The van der Waals surface area contributed by atoms with Gasteiger partial charge in [-0.15, -0.1) is 0 Å². The maximum Gasteiger partial charge on any atom is 0.305 e. The van der Waals surface area contributed by atoms with Gasteiger partial charge >= 0.3 is 11.9 Å². The third-order valence-corrected chi connectivity index (χ3v) is 3.33. The fraction of sp³-hybridized carbons (Fsp3) is 0.895. The molecule has 0 N–H and O–H groups in total. The molecule has 0 aliphatic rings. The topological polar surface area (TPSA) is 52.6 Å². The maximum atomic E-state index is 11.7. The lowest BCUT2D eigenvalue weighted by atomic mass is 9.86. The van der Waals surface area contributed by atoms with Crippen LogP contribution < -0.4 is 0 Å². The predicted octanol–water partition coefficient (Wildman–Crippen LogP) is 4.75. The van der Waals surface area contributed by atoms with Crippen molar-refractivity contribution < 1.29 is 19.1 Å². The molecule has 23 heavy (non-hydrogen) atoms. The van der Waals surface area contributed by atoms with E-state index < -0.39 is 0 Å². The lowest BCUT2D eigenvalue weighted by Gasteiger charge is -2.22. The zero-order valence-electron chi connectivity index (χ0n) is 15.9. The highest BCUT2D eigenvalue weighted by molar-refractivity contribution is 5.69. The molecule has 0 amide bonds. The first kappa shape index (κ1) is 21.9. The minimum atomic E-state index is -0.141. The molecule has 0 fully saturated rings. The summed E-state index contributed by atoms with van der Waals surface area (Å²) in [6.07, 6.45) is 4.30. The third-order valence-electron chi connectivity index (χ3n) is 3.33. The summed E-state index contributed by atoms with van der Waals surface area (Å²) < 4.78 is 10.4. The van der Waals surface area contributed by atoms with Crippen LogP contribution in [0.3, 0.4) is 0 Å². The standard InChI is InChI=1S/C19H36O4/c1-15(2)13-22-17(20)10-8-7-9-11-18(21)23-14-16(3)12-19(4,5)6/h15-16H,7-14H2,1-6H3. The minimum absolute atomic E-state index is 0.131. The van der Waals surface area contributed by atoms with Gasteiger partial charge in [0.2, 0.25) is 0 Å². The van der Waals surface area contributed by atoms with Gasteiger partial charge < -0.3 is 9.47 Å². The Morgan fingerprint density at radius 2 is 1.30 bits per heavy atom. The predicted molar refractivity (Wildman–Crippen MR) is 93.1 cm³/mol. The summed E-state index contributed by atoms with van der Waals surface area (Å²) in [4.78, 5) is 23.1. The Labute approximate surface area is 142 Å². The molecule has 1 atom stereocenters. The molecule has 0 radical (unpaired) electrons. The number of carbonyl (C=O) groups is 2. The molecule has 4 nitrogen and oxygen atoms in total. The van der Waals surface area contributed by atoms with Crippen LogP contribution in [-0.4, -0.2) is 25.2 Å². The van der Waals surface area contributed by atoms with Crippen molar-refractivity contribution in [2.45, 2.75) is 80.1 Å². The zero-order valence-corrected chi connectivity index (χ0v) is 15.9. The number of ether oxygens (including phenoxy) is 2. The fourth-order valence-electron chi connectivity index (χ4n) is 2.46. The summed E-state index contributed by atoms with van der Waals surface area (Å²) in [6.45, 7) is 13.7. The van der Waals surface area contributed by atoms with E-state index in [0.29, 0.717) is 37.9 Å². The Bertz CT molecular complexity index is 342. The zero-order chi connectivity index (χ0) is 17.9. The van der Waals surface area contributed by atoms with E-state index in [4.69, 9.17) is 9.47 Å². The molecular formula is C19H36O4. The van der Waals surface area contributed by atoms with E-state index in [1.54, 1.807) is 0 Å². The number of hydrogen-bond acceptors (Lipinski definition) is 4. The van der Waals surface area contributed by atoms with Crippen molar-refractivity contribution in [3.8, 4) is 0 Å². The van der Waals surface area contributed by atoms with E-state index in [9.17, 15) is 9.59 Å². The van der Waals surface area contributed by atoms with Crippen LogP contribution in [0.4, 0.5) is 0 Å². The van der Waals surface area contributed by atoms with Gasteiger partial charge in [0.25, 0.3) is 0 Å². The molecular weight excluding hydrogens is 292 g/mol. The smallest absolute Gasteiger partial charge is 0.305 e. The van der Waals surface area contributed by atoms with Gasteiger partial charge in [0.15, 0.2) is 0 Å². The van der Waals surface area contributed by atoms with E-state index >= 15 is 0 Å². The Kier molecular flexibility index (Phi) is 10.9. The second kappa shape index (κ2) is 11.5. The summed E-state index contributed by atoms with van der Waals surface area (Å²) in [5, 5.41) is 0. The first-order valence-electron chi connectivity index (χ1n) is 8.91. The molecule has 1 unspecified atom stereocenters. The quantitative estimate of drug-likeness (QED) is 0.405. The summed E-state index contributed by atoms with van der Waals surface area (Å²) in [5.41, 5.74) is 0.260. The molecule has 4 heteroatoms. The van der Waals surface area contributed by atoms with E-state index in [0.717, 1.165) is 25.7 Å². The molecule has 0 aliphatic carbocycles. The van der Waals surface area contributed by atoms with E-state index in [-0.39, 0.29) is 17.4 Å². The fourth-order valence-corrected chi connectivity index (χ4v) is 2.46. The lowest BCUT2D eigenvalue weighted by Crippen LogP contribution is -2.17. The second-order valence-electron chi connectivity index (χ2n) is 8.19. The van der Waals surface area contributed by atoms with Gasteiger partial charge in [0.05, 0.1) is 13.2 Å². The van der Waals surface area contributed by atoms with Gasteiger partial charge in [-0.05, 0) is 36.5 Å². The largest absolute Gasteiger partial charge is 0.465 e. The average Bonchev–Trinajstić information content (AvgIpc) is 2.40.